The Bertz CT molecular complexity index is 850. The number of hydrogen-bond acceptors (Lipinski definition) is 6. The van der Waals surface area contributed by atoms with Crippen LogP contribution >= 0.6 is 0 Å². The van der Waals surface area contributed by atoms with Crippen molar-refractivity contribution in [1.29, 1.82) is 5.26 Å². The minimum Gasteiger partial charge on any atom is -0.388 e. The fraction of sp³-hybridized carbons (Fsp3) is 0.591. The first-order valence-corrected chi connectivity index (χ1v) is 10.6. The van der Waals surface area contributed by atoms with Crippen LogP contribution in [0.1, 0.15) is 48.0 Å². The molecule has 31 heavy (non-hydrogen) atoms. The van der Waals surface area contributed by atoms with Crippen LogP contribution in [-0.2, 0) is 9.53 Å². The van der Waals surface area contributed by atoms with E-state index < -0.39 is 17.3 Å². The quantitative estimate of drug-likeness (QED) is 0.591. The van der Waals surface area contributed by atoms with Crippen molar-refractivity contribution in [3.63, 3.8) is 0 Å². The highest BCUT2D eigenvalue weighted by Crippen LogP contribution is 2.25. The van der Waals surface area contributed by atoms with Gasteiger partial charge < -0.3 is 20.5 Å². The number of hydrogen-bond donors (Lipinski definition) is 3. The van der Waals surface area contributed by atoms with Crippen molar-refractivity contribution in [2.75, 3.05) is 33.4 Å². The molecule has 0 radical (unpaired) electrons. The number of rotatable bonds is 7. The average molecular weight is 432 g/mol. The summed E-state index contributed by atoms with van der Waals surface area (Å²) in [6.45, 7) is 1.59. The van der Waals surface area contributed by atoms with Crippen LogP contribution < -0.4 is 10.6 Å². The van der Waals surface area contributed by atoms with Crippen molar-refractivity contribution in [3.05, 3.63) is 35.1 Å². The van der Waals surface area contributed by atoms with Gasteiger partial charge in [0.05, 0.1) is 17.2 Å². The highest BCUT2D eigenvalue weighted by atomic mass is 19.1. The van der Waals surface area contributed by atoms with Crippen molar-refractivity contribution in [3.8, 4) is 6.07 Å². The van der Waals surface area contributed by atoms with Gasteiger partial charge in [-0.1, -0.05) is 0 Å². The number of nitrogens with zero attached hydrogens (tertiary/aromatic N) is 2. The van der Waals surface area contributed by atoms with Gasteiger partial charge in [-0.15, -0.1) is 0 Å². The third-order valence-corrected chi connectivity index (χ3v) is 6.23. The van der Waals surface area contributed by atoms with Crippen LogP contribution in [0.15, 0.2) is 18.2 Å². The normalized spacial score (nSPS) is 23.2. The van der Waals surface area contributed by atoms with Gasteiger partial charge in [0.2, 0.25) is 5.91 Å². The molecule has 0 aromatic heterocycles. The molecule has 168 valence electrons. The molecule has 0 spiro atoms. The Labute approximate surface area is 181 Å². The molecule has 2 aliphatic heterocycles. The molecule has 2 aliphatic rings. The third-order valence-electron chi connectivity index (χ3n) is 6.23. The van der Waals surface area contributed by atoms with E-state index in [4.69, 9.17) is 10.00 Å². The van der Waals surface area contributed by atoms with E-state index in [1.54, 1.807) is 0 Å². The summed E-state index contributed by atoms with van der Waals surface area (Å²) in [5.41, 5.74) is -0.691. The number of aliphatic hydroxyl groups is 1. The van der Waals surface area contributed by atoms with E-state index in [0.717, 1.165) is 25.0 Å². The lowest BCUT2D eigenvalue weighted by atomic mass is 9.94. The fourth-order valence-corrected chi connectivity index (χ4v) is 4.16. The molecule has 3 N–H and O–H groups in total. The summed E-state index contributed by atoms with van der Waals surface area (Å²) >= 11 is 0. The molecule has 2 atom stereocenters. The van der Waals surface area contributed by atoms with E-state index in [2.05, 4.69) is 15.5 Å². The smallest absolute Gasteiger partial charge is 0.251 e. The molecule has 2 heterocycles. The molecule has 2 saturated heterocycles. The van der Waals surface area contributed by atoms with Crippen LogP contribution in [0.5, 0.6) is 0 Å². The Balaban J connectivity index is 1.44. The fourth-order valence-electron chi connectivity index (χ4n) is 4.16. The second-order valence-corrected chi connectivity index (χ2v) is 8.42. The maximum Gasteiger partial charge on any atom is 0.251 e. The summed E-state index contributed by atoms with van der Waals surface area (Å²) in [5.74, 6) is -1.17. The van der Waals surface area contributed by atoms with Crippen LogP contribution in [0.3, 0.4) is 0 Å². The first-order valence-electron chi connectivity index (χ1n) is 10.6. The minimum absolute atomic E-state index is 0.0468. The van der Waals surface area contributed by atoms with Gasteiger partial charge in [0.1, 0.15) is 5.82 Å². The SMILES string of the molecule is CN1[C@@H](CC(=O)NCC2(O)CCOCC2)CC[C@H]1CNC(=O)c1cc(F)cc(C#N)c1. The number of nitrogens with one attached hydrogen (secondary N) is 2. The van der Waals surface area contributed by atoms with Crippen molar-refractivity contribution in [1.82, 2.24) is 15.5 Å². The number of carbonyl (C=O) groups excluding carboxylic acids is 2. The maximum atomic E-state index is 13.6. The number of likely N-dealkylation sites (N-methyl/N-ethyl adjacent to an activating group) is 1. The summed E-state index contributed by atoms with van der Waals surface area (Å²) in [5, 5.41) is 25.0. The minimum atomic E-state index is -0.898. The zero-order valence-corrected chi connectivity index (χ0v) is 17.7. The van der Waals surface area contributed by atoms with Crippen LogP contribution in [0.4, 0.5) is 4.39 Å². The summed E-state index contributed by atoms with van der Waals surface area (Å²) in [4.78, 5) is 26.8. The summed E-state index contributed by atoms with van der Waals surface area (Å²) in [7, 11) is 1.92. The van der Waals surface area contributed by atoms with Gasteiger partial charge >= 0.3 is 0 Å². The monoisotopic (exact) mass is 432 g/mol. The zero-order chi connectivity index (χ0) is 22.4. The number of likely N-dealkylation sites (tertiary alicyclic amines) is 1. The van der Waals surface area contributed by atoms with E-state index in [0.29, 0.717) is 39.0 Å². The molecule has 8 nitrogen and oxygen atoms in total. The summed E-state index contributed by atoms with van der Waals surface area (Å²) in [6, 6.07) is 5.49. The lowest BCUT2D eigenvalue weighted by molar-refractivity contribution is -0.125. The van der Waals surface area contributed by atoms with Gasteiger partial charge in [-0.3, -0.25) is 14.5 Å². The first-order chi connectivity index (χ1) is 14.8. The van der Waals surface area contributed by atoms with Gasteiger partial charge in [-0.25, -0.2) is 4.39 Å². The van der Waals surface area contributed by atoms with Gasteiger partial charge in [0.25, 0.3) is 5.91 Å². The molecule has 0 bridgehead atoms. The van der Waals surface area contributed by atoms with Crippen LogP contribution in [0, 0.1) is 17.1 Å². The van der Waals surface area contributed by atoms with E-state index >= 15 is 0 Å². The van der Waals surface area contributed by atoms with Crippen molar-refractivity contribution >= 4 is 11.8 Å². The van der Waals surface area contributed by atoms with Crippen molar-refractivity contribution in [2.45, 2.75) is 49.8 Å². The molecule has 3 rings (SSSR count). The largest absolute Gasteiger partial charge is 0.388 e. The number of carbonyl (C=O) groups is 2. The van der Waals surface area contributed by atoms with Gasteiger partial charge in [-0.05, 0) is 38.1 Å². The summed E-state index contributed by atoms with van der Waals surface area (Å²) < 4.78 is 18.8. The number of benzene rings is 1. The highest BCUT2D eigenvalue weighted by molar-refractivity contribution is 5.94. The standard InChI is InChI=1S/C22H29FN4O4/c1-27-18(11-20(28)26-14-22(30)4-6-31-7-5-22)2-3-19(27)13-25-21(29)16-8-15(12-24)9-17(23)10-16/h8-10,18-19,30H,2-7,11,13-14H2,1H3,(H,25,29)(H,26,28)/t18-,19+/m1/s1. The number of nitriles is 1. The highest BCUT2D eigenvalue weighted by Gasteiger charge is 2.33. The van der Waals surface area contributed by atoms with E-state index in [1.165, 1.54) is 6.07 Å². The van der Waals surface area contributed by atoms with Crippen molar-refractivity contribution in [2.24, 2.45) is 0 Å². The predicted octanol–water partition coefficient (Wildman–Crippen LogP) is 0.938. The van der Waals surface area contributed by atoms with Crippen LogP contribution in [-0.4, -0.2) is 72.9 Å². The predicted molar refractivity (Wildman–Crippen MR) is 111 cm³/mol. The Morgan fingerprint density at radius 1 is 1.26 bits per heavy atom. The molecule has 9 heteroatoms. The zero-order valence-electron chi connectivity index (χ0n) is 17.7. The lowest BCUT2D eigenvalue weighted by Gasteiger charge is -2.32. The molecular formula is C22H29FN4O4. The van der Waals surface area contributed by atoms with Crippen LogP contribution in [0.2, 0.25) is 0 Å². The third kappa shape index (κ3) is 6.23. The maximum absolute atomic E-state index is 13.6. The molecule has 2 amide bonds. The topological polar surface area (TPSA) is 115 Å². The van der Waals surface area contributed by atoms with Crippen molar-refractivity contribution < 1.29 is 23.8 Å². The van der Waals surface area contributed by atoms with Crippen LogP contribution in [0.25, 0.3) is 0 Å². The van der Waals surface area contributed by atoms with Gasteiger partial charge in [-0.2, -0.15) is 5.26 Å². The van der Waals surface area contributed by atoms with E-state index in [-0.39, 0.29) is 35.7 Å². The Hall–Kier alpha value is -2.54. The van der Waals surface area contributed by atoms with E-state index in [9.17, 15) is 19.1 Å². The number of ether oxygens (including phenoxy) is 1. The number of amides is 2. The molecule has 0 unspecified atom stereocenters. The Morgan fingerprint density at radius 3 is 2.68 bits per heavy atom. The first kappa shape index (κ1) is 23.1. The molecule has 1 aromatic carbocycles. The Kier molecular flexibility index (Phi) is 7.59. The average Bonchev–Trinajstić information content (AvgIpc) is 3.10. The second-order valence-electron chi connectivity index (χ2n) is 8.42. The molecular weight excluding hydrogens is 403 g/mol. The van der Waals surface area contributed by atoms with Gasteiger partial charge in [0.15, 0.2) is 0 Å². The molecule has 0 saturated carbocycles. The lowest BCUT2D eigenvalue weighted by Crippen LogP contribution is -2.48. The Morgan fingerprint density at radius 2 is 1.97 bits per heavy atom. The summed E-state index contributed by atoms with van der Waals surface area (Å²) in [6.07, 6.45) is 2.99. The number of halogens is 1. The van der Waals surface area contributed by atoms with E-state index in [1.807, 2.05) is 13.1 Å². The van der Waals surface area contributed by atoms with Gasteiger partial charge in [0, 0.05) is 63.2 Å². The molecule has 1 aromatic rings. The molecule has 0 aliphatic carbocycles. The molecule has 2 fully saturated rings. The second kappa shape index (κ2) is 10.2.